The fourth-order valence-electron chi connectivity index (χ4n) is 2.51. The number of nitrogens with one attached hydrogen (secondary N) is 1. The van der Waals surface area contributed by atoms with Crippen molar-refractivity contribution in [3.63, 3.8) is 0 Å². The van der Waals surface area contributed by atoms with Gasteiger partial charge in [-0.05, 0) is 26.0 Å². The fourth-order valence-corrected chi connectivity index (χ4v) is 2.51. The lowest BCUT2D eigenvalue weighted by Gasteiger charge is -2.32. The molecule has 1 unspecified atom stereocenters. The zero-order chi connectivity index (χ0) is 14.7. The van der Waals surface area contributed by atoms with Crippen LogP contribution in [0.4, 0.5) is 0 Å². The van der Waals surface area contributed by atoms with Crippen LogP contribution in [0.2, 0.25) is 0 Å². The number of ether oxygens (including phenoxy) is 2. The molecule has 110 valence electrons. The molecule has 1 atom stereocenters. The van der Waals surface area contributed by atoms with Gasteiger partial charge in [0.25, 0.3) is 5.91 Å². The van der Waals surface area contributed by atoms with Gasteiger partial charge in [-0.3, -0.25) is 4.79 Å². The zero-order valence-corrected chi connectivity index (χ0v) is 12.5. The van der Waals surface area contributed by atoms with Crippen LogP contribution in [0.1, 0.15) is 22.8 Å². The molecule has 1 heterocycles. The van der Waals surface area contributed by atoms with E-state index in [4.69, 9.17) is 9.47 Å². The van der Waals surface area contributed by atoms with Gasteiger partial charge in [-0.1, -0.05) is 0 Å². The smallest absolute Gasteiger partial charge is 0.254 e. The molecule has 0 radical (unpaired) electrons. The molecule has 1 aromatic carbocycles. The average Bonchev–Trinajstić information content (AvgIpc) is 2.46. The number of benzene rings is 1. The third-order valence-electron chi connectivity index (χ3n) is 3.66. The normalized spacial score (nSPS) is 18.8. The van der Waals surface area contributed by atoms with Gasteiger partial charge in [-0.15, -0.1) is 0 Å². The number of hydrogen-bond acceptors (Lipinski definition) is 4. The average molecular weight is 278 g/mol. The maximum absolute atomic E-state index is 12.6. The highest BCUT2D eigenvalue weighted by Gasteiger charge is 2.23. The van der Waals surface area contributed by atoms with E-state index in [0.29, 0.717) is 23.1 Å². The molecule has 1 aromatic rings. The molecular formula is C15H22N2O3. The Kier molecular flexibility index (Phi) is 4.49. The minimum absolute atomic E-state index is 0.0231. The summed E-state index contributed by atoms with van der Waals surface area (Å²) in [5.74, 6) is 1.38. The summed E-state index contributed by atoms with van der Waals surface area (Å²) < 4.78 is 10.6. The molecule has 0 aromatic heterocycles. The number of nitrogens with zero attached hydrogens (tertiary/aromatic N) is 1. The van der Waals surface area contributed by atoms with E-state index in [1.807, 2.05) is 11.8 Å². The summed E-state index contributed by atoms with van der Waals surface area (Å²) in [5.41, 5.74) is 1.51. The van der Waals surface area contributed by atoms with Crippen LogP contribution in [-0.4, -0.2) is 50.7 Å². The van der Waals surface area contributed by atoms with Crippen molar-refractivity contribution in [2.45, 2.75) is 19.9 Å². The minimum Gasteiger partial charge on any atom is -0.496 e. The third kappa shape index (κ3) is 2.88. The molecule has 1 amide bonds. The number of rotatable bonds is 3. The SMILES string of the molecule is COc1cc(C(=O)N2CCNC(C)C2)cc(OC)c1C. The summed E-state index contributed by atoms with van der Waals surface area (Å²) in [4.78, 5) is 14.4. The minimum atomic E-state index is 0.0231. The molecule has 2 rings (SSSR count). The van der Waals surface area contributed by atoms with Crippen molar-refractivity contribution in [1.82, 2.24) is 10.2 Å². The lowest BCUT2D eigenvalue weighted by atomic mass is 10.1. The van der Waals surface area contributed by atoms with Gasteiger partial charge in [0.15, 0.2) is 0 Å². The van der Waals surface area contributed by atoms with Gasteiger partial charge in [0.1, 0.15) is 11.5 Å². The Balaban J connectivity index is 2.29. The molecule has 1 saturated heterocycles. The maximum Gasteiger partial charge on any atom is 0.254 e. The highest BCUT2D eigenvalue weighted by atomic mass is 16.5. The van der Waals surface area contributed by atoms with Gasteiger partial charge in [0.2, 0.25) is 0 Å². The van der Waals surface area contributed by atoms with E-state index in [2.05, 4.69) is 12.2 Å². The predicted octanol–water partition coefficient (Wildman–Crippen LogP) is 1.45. The molecule has 20 heavy (non-hydrogen) atoms. The summed E-state index contributed by atoms with van der Waals surface area (Å²) in [7, 11) is 3.20. The second-order valence-electron chi connectivity index (χ2n) is 5.11. The van der Waals surface area contributed by atoms with Crippen molar-refractivity contribution in [2.24, 2.45) is 0 Å². The van der Waals surface area contributed by atoms with E-state index in [-0.39, 0.29) is 5.91 Å². The number of methoxy groups -OCH3 is 2. The van der Waals surface area contributed by atoms with Crippen LogP contribution in [0.5, 0.6) is 11.5 Å². The Hall–Kier alpha value is -1.75. The molecule has 0 bridgehead atoms. The summed E-state index contributed by atoms with van der Waals surface area (Å²) in [6.07, 6.45) is 0. The van der Waals surface area contributed by atoms with E-state index in [0.717, 1.165) is 25.2 Å². The van der Waals surface area contributed by atoms with Crippen molar-refractivity contribution < 1.29 is 14.3 Å². The number of hydrogen-bond donors (Lipinski definition) is 1. The monoisotopic (exact) mass is 278 g/mol. The number of amides is 1. The Morgan fingerprint density at radius 2 is 1.90 bits per heavy atom. The molecule has 1 fully saturated rings. The zero-order valence-electron chi connectivity index (χ0n) is 12.5. The van der Waals surface area contributed by atoms with Crippen LogP contribution in [-0.2, 0) is 0 Å². The highest BCUT2D eigenvalue weighted by molar-refractivity contribution is 5.95. The van der Waals surface area contributed by atoms with Crippen molar-refractivity contribution in [2.75, 3.05) is 33.9 Å². The van der Waals surface area contributed by atoms with Gasteiger partial charge in [-0.2, -0.15) is 0 Å². The van der Waals surface area contributed by atoms with Gasteiger partial charge in [-0.25, -0.2) is 0 Å². The van der Waals surface area contributed by atoms with Gasteiger partial charge in [0.05, 0.1) is 14.2 Å². The first-order valence-electron chi connectivity index (χ1n) is 6.82. The van der Waals surface area contributed by atoms with Crippen molar-refractivity contribution >= 4 is 5.91 Å². The van der Waals surface area contributed by atoms with Crippen LogP contribution >= 0.6 is 0 Å². The van der Waals surface area contributed by atoms with Gasteiger partial charge in [0, 0.05) is 36.8 Å². The Labute approximate surface area is 119 Å². The molecule has 5 nitrogen and oxygen atoms in total. The third-order valence-corrected chi connectivity index (χ3v) is 3.66. The number of carbonyl (C=O) groups is 1. The summed E-state index contributed by atoms with van der Waals surface area (Å²) in [5, 5.41) is 3.33. The Morgan fingerprint density at radius 1 is 1.30 bits per heavy atom. The Morgan fingerprint density at radius 3 is 2.40 bits per heavy atom. The van der Waals surface area contributed by atoms with E-state index in [1.165, 1.54) is 0 Å². The summed E-state index contributed by atoms with van der Waals surface area (Å²) in [6.45, 7) is 6.26. The van der Waals surface area contributed by atoms with Crippen LogP contribution in [0.25, 0.3) is 0 Å². The van der Waals surface area contributed by atoms with Crippen molar-refractivity contribution in [3.05, 3.63) is 23.3 Å². The number of piperazine rings is 1. The van der Waals surface area contributed by atoms with Crippen molar-refractivity contribution in [3.8, 4) is 11.5 Å². The van der Waals surface area contributed by atoms with Crippen LogP contribution in [0.3, 0.4) is 0 Å². The molecule has 0 spiro atoms. The highest BCUT2D eigenvalue weighted by Crippen LogP contribution is 2.30. The van der Waals surface area contributed by atoms with E-state index < -0.39 is 0 Å². The standard InChI is InChI=1S/C15H22N2O3/c1-10-9-17(6-5-16-10)15(18)12-7-13(19-3)11(2)14(8-12)20-4/h7-8,10,16H,5-6,9H2,1-4H3. The molecule has 1 aliphatic rings. The second kappa shape index (κ2) is 6.13. The predicted molar refractivity (Wildman–Crippen MR) is 77.7 cm³/mol. The topological polar surface area (TPSA) is 50.8 Å². The molecule has 5 heteroatoms. The molecule has 1 aliphatic heterocycles. The van der Waals surface area contributed by atoms with Gasteiger partial charge >= 0.3 is 0 Å². The molecule has 0 saturated carbocycles. The quantitative estimate of drug-likeness (QED) is 0.909. The fraction of sp³-hybridized carbons (Fsp3) is 0.533. The number of carbonyl (C=O) groups excluding carboxylic acids is 1. The van der Waals surface area contributed by atoms with E-state index in [9.17, 15) is 4.79 Å². The Bertz CT molecular complexity index is 477. The largest absolute Gasteiger partial charge is 0.496 e. The first kappa shape index (κ1) is 14.7. The van der Waals surface area contributed by atoms with Crippen LogP contribution in [0, 0.1) is 6.92 Å². The first-order valence-corrected chi connectivity index (χ1v) is 6.82. The maximum atomic E-state index is 12.6. The van der Waals surface area contributed by atoms with E-state index in [1.54, 1.807) is 26.4 Å². The first-order chi connectivity index (χ1) is 9.56. The molecule has 0 aliphatic carbocycles. The van der Waals surface area contributed by atoms with E-state index >= 15 is 0 Å². The summed E-state index contributed by atoms with van der Waals surface area (Å²) in [6, 6.07) is 3.89. The van der Waals surface area contributed by atoms with Crippen LogP contribution in [0.15, 0.2) is 12.1 Å². The second-order valence-corrected chi connectivity index (χ2v) is 5.11. The lowest BCUT2D eigenvalue weighted by Crippen LogP contribution is -2.51. The lowest BCUT2D eigenvalue weighted by molar-refractivity contribution is 0.0708. The summed E-state index contributed by atoms with van der Waals surface area (Å²) >= 11 is 0. The van der Waals surface area contributed by atoms with Crippen LogP contribution < -0.4 is 14.8 Å². The molecular weight excluding hydrogens is 256 g/mol. The van der Waals surface area contributed by atoms with Crippen molar-refractivity contribution in [1.29, 1.82) is 0 Å². The van der Waals surface area contributed by atoms with Gasteiger partial charge < -0.3 is 19.7 Å². The molecule has 1 N–H and O–H groups in total.